The van der Waals surface area contributed by atoms with Crippen LogP contribution >= 0.6 is 11.3 Å². The summed E-state index contributed by atoms with van der Waals surface area (Å²) in [5, 5.41) is 5.22. The van der Waals surface area contributed by atoms with E-state index in [1.54, 1.807) is 24.3 Å². The van der Waals surface area contributed by atoms with E-state index < -0.39 is 9.84 Å². The zero-order valence-corrected chi connectivity index (χ0v) is 16.7. The topological polar surface area (TPSA) is 76.1 Å². The summed E-state index contributed by atoms with van der Waals surface area (Å²) in [5.41, 5.74) is 4.20. The fourth-order valence-corrected chi connectivity index (χ4v) is 4.11. The molecule has 0 spiro atoms. The zero-order valence-electron chi connectivity index (χ0n) is 15.1. The lowest BCUT2D eigenvalue weighted by atomic mass is 10.1. The molecule has 5 nitrogen and oxygen atoms in total. The molecule has 0 radical (unpaired) electrons. The van der Waals surface area contributed by atoms with Crippen LogP contribution in [0.5, 0.6) is 0 Å². The molecule has 0 unspecified atom stereocenters. The lowest BCUT2D eigenvalue weighted by molar-refractivity contribution is 0.102. The number of hydrogen-bond acceptors (Lipinski definition) is 5. The van der Waals surface area contributed by atoms with Gasteiger partial charge in [0.15, 0.2) is 15.0 Å². The fraction of sp³-hybridized carbons (Fsp3) is 0.200. The van der Waals surface area contributed by atoms with Crippen LogP contribution in [-0.4, -0.2) is 25.6 Å². The molecule has 1 amide bonds. The van der Waals surface area contributed by atoms with Gasteiger partial charge >= 0.3 is 0 Å². The van der Waals surface area contributed by atoms with Gasteiger partial charge < -0.3 is 0 Å². The van der Waals surface area contributed by atoms with Crippen LogP contribution in [0.1, 0.15) is 28.4 Å². The second-order valence-electron chi connectivity index (χ2n) is 6.31. The predicted molar refractivity (Wildman–Crippen MR) is 110 cm³/mol. The van der Waals surface area contributed by atoms with Crippen LogP contribution in [0.25, 0.3) is 11.3 Å². The lowest BCUT2D eigenvalue weighted by Crippen LogP contribution is -2.11. The monoisotopic (exact) mass is 400 g/mol. The van der Waals surface area contributed by atoms with Crippen molar-refractivity contribution in [1.82, 2.24) is 4.98 Å². The van der Waals surface area contributed by atoms with Crippen molar-refractivity contribution < 1.29 is 13.2 Å². The second-order valence-corrected chi connectivity index (χ2v) is 9.31. The molecule has 7 heteroatoms. The summed E-state index contributed by atoms with van der Waals surface area (Å²) in [4.78, 5) is 16.9. The maximum absolute atomic E-state index is 12.4. The standard InChI is InChI=1S/C20H20N2O3S2/c1-3-14-4-8-16(9-5-14)18-12-26-20(21-18)22-19(23)17-10-6-15(7-11-17)13-27(2,24)25/h4-12H,3,13H2,1-2H3,(H,21,22,23). The van der Waals surface area contributed by atoms with Gasteiger partial charge in [-0.25, -0.2) is 13.4 Å². The van der Waals surface area contributed by atoms with Crippen LogP contribution in [0.3, 0.4) is 0 Å². The van der Waals surface area contributed by atoms with E-state index in [1.165, 1.54) is 23.2 Å². The molecule has 0 atom stereocenters. The number of aryl methyl sites for hydroxylation is 1. The predicted octanol–water partition coefficient (Wildman–Crippen LogP) is 4.17. The number of benzene rings is 2. The first-order valence-electron chi connectivity index (χ1n) is 8.47. The molecule has 0 saturated carbocycles. The molecule has 0 fully saturated rings. The number of anilines is 1. The number of thiazole rings is 1. The van der Waals surface area contributed by atoms with Crippen LogP contribution in [0.15, 0.2) is 53.9 Å². The Morgan fingerprint density at radius 3 is 2.26 bits per heavy atom. The lowest BCUT2D eigenvalue weighted by Gasteiger charge is -2.04. The largest absolute Gasteiger partial charge is 0.298 e. The van der Waals surface area contributed by atoms with Crippen molar-refractivity contribution in [2.24, 2.45) is 0 Å². The minimum absolute atomic E-state index is 0.0401. The molecular weight excluding hydrogens is 380 g/mol. The molecule has 3 rings (SSSR count). The summed E-state index contributed by atoms with van der Waals surface area (Å²) in [6, 6.07) is 14.7. The molecule has 2 aromatic carbocycles. The highest BCUT2D eigenvalue weighted by Crippen LogP contribution is 2.25. The van der Waals surface area contributed by atoms with Crippen LogP contribution in [-0.2, 0) is 22.0 Å². The van der Waals surface area contributed by atoms with Crippen LogP contribution in [0, 0.1) is 0 Å². The molecular formula is C20H20N2O3S2. The van der Waals surface area contributed by atoms with Gasteiger partial charge in [0.2, 0.25) is 0 Å². The van der Waals surface area contributed by atoms with Crippen LogP contribution in [0.2, 0.25) is 0 Å². The average molecular weight is 401 g/mol. The zero-order chi connectivity index (χ0) is 19.4. The van der Waals surface area contributed by atoms with E-state index in [4.69, 9.17) is 0 Å². The van der Waals surface area contributed by atoms with Crippen molar-refractivity contribution in [3.8, 4) is 11.3 Å². The molecule has 0 aliphatic rings. The Hall–Kier alpha value is -2.51. The summed E-state index contributed by atoms with van der Waals surface area (Å²) < 4.78 is 22.7. The van der Waals surface area contributed by atoms with Gasteiger partial charge in [0.1, 0.15) is 0 Å². The molecule has 0 saturated heterocycles. The van der Waals surface area contributed by atoms with E-state index in [0.717, 1.165) is 17.7 Å². The second kappa shape index (κ2) is 8.02. The third-order valence-corrected chi connectivity index (χ3v) is 5.64. The summed E-state index contributed by atoms with van der Waals surface area (Å²) in [5.74, 6) is -0.315. The number of hydrogen-bond donors (Lipinski definition) is 1. The summed E-state index contributed by atoms with van der Waals surface area (Å²) in [6.45, 7) is 2.11. The van der Waals surface area contributed by atoms with Gasteiger partial charge in [0, 0.05) is 22.8 Å². The Labute approximate surface area is 163 Å². The van der Waals surface area contributed by atoms with Gasteiger partial charge in [0.25, 0.3) is 5.91 Å². The number of nitrogens with one attached hydrogen (secondary N) is 1. The first-order chi connectivity index (χ1) is 12.8. The van der Waals surface area contributed by atoms with E-state index in [1.807, 2.05) is 17.5 Å². The number of amides is 1. The highest BCUT2D eigenvalue weighted by atomic mass is 32.2. The Balaban J connectivity index is 1.68. The van der Waals surface area contributed by atoms with Gasteiger partial charge in [-0.2, -0.15) is 0 Å². The maximum Gasteiger partial charge on any atom is 0.257 e. The van der Waals surface area contributed by atoms with E-state index >= 15 is 0 Å². The Morgan fingerprint density at radius 1 is 1.04 bits per heavy atom. The Morgan fingerprint density at radius 2 is 1.67 bits per heavy atom. The minimum Gasteiger partial charge on any atom is -0.298 e. The van der Waals surface area contributed by atoms with Crippen LogP contribution in [0.4, 0.5) is 5.13 Å². The SMILES string of the molecule is CCc1ccc(-c2csc(NC(=O)c3ccc(CS(C)(=O)=O)cc3)n2)cc1. The van der Waals surface area contributed by atoms with Crippen molar-refractivity contribution in [2.45, 2.75) is 19.1 Å². The van der Waals surface area contributed by atoms with Crippen molar-refractivity contribution in [3.63, 3.8) is 0 Å². The average Bonchev–Trinajstić information content (AvgIpc) is 3.09. The van der Waals surface area contributed by atoms with E-state index in [9.17, 15) is 13.2 Å². The maximum atomic E-state index is 12.4. The normalized spacial score (nSPS) is 11.3. The number of carbonyl (C=O) groups excluding carboxylic acids is 1. The number of sulfone groups is 1. The van der Waals surface area contributed by atoms with Crippen molar-refractivity contribution in [3.05, 3.63) is 70.6 Å². The number of nitrogens with zero attached hydrogens (tertiary/aromatic N) is 1. The summed E-state index contributed by atoms with van der Waals surface area (Å²) in [6.07, 6.45) is 2.17. The van der Waals surface area contributed by atoms with Crippen LogP contribution < -0.4 is 5.32 Å². The molecule has 1 heterocycles. The molecule has 27 heavy (non-hydrogen) atoms. The van der Waals surface area contributed by atoms with E-state index in [2.05, 4.69) is 29.4 Å². The third kappa shape index (κ3) is 5.24. The number of rotatable bonds is 6. The highest BCUT2D eigenvalue weighted by Gasteiger charge is 2.11. The molecule has 0 aliphatic carbocycles. The first-order valence-corrected chi connectivity index (χ1v) is 11.4. The third-order valence-electron chi connectivity index (χ3n) is 4.03. The molecule has 0 bridgehead atoms. The van der Waals surface area contributed by atoms with E-state index in [-0.39, 0.29) is 11.7 Å². The number of aromatic nitrogens is 1. The van der Waals surface area contributed by atoms with Crippen molar-refractivity contribution in [1.29, 1.82) is 0 Å². The summed E-state index contributed by atoms with van der Waals surface area (Å²) >= 11 is 1.37. The molecule has 3 aromatic rings. The summed E-state index contributed by atoms with van der Waals surface area (Å²) in [7, 11) is -3.10. The Bertz CT molecular complexity index is 1040. The van der Waals surface area contributed by atoms with E-state index in [0.29, 0.717) is 16.3 Å². The smallest absolute Gasteiger partial charge is 0.257 e. The first kappa shape index (κ1) is 19.3. The minimum atomic E-state index is -3.10. The van der Waals surface area contributed by atoms with Crippen molar-refractivity contribution in [2.75, 3.05) is 11.6 Å². The van der Waals surface area contributed by atoms with Gasteiger partial charge in [-0.3, -0.25) is 10.1 Å². The van der Waals surface area contributed by atoms with Gasteiger partial charge in [0.05, 0.1) is 11.4 Å². The van der Waals surface area contributed by atoms with Gasteiger partial charge in [-0.05, 0) is 29.7 Å². The van der Waals surface area contributed by atoms with Gasteiger partial charge in [-0.1, -0.05) is 43.3 Å². The quantitative estimate of drug-likeness (QED) is 0.674. The molecule has 1 N–H and O–H groups in total. The molecule has 1 aromatic heterocycles. The van der Waals surface area contributed by atoms with Gasteiger partial charge in [-0.15, -0.1) is 11.3 Å². The highest BCUT2D eigenvalue weighted by molar-refractivity contribution is 7.89. The molecule has 0 aliphatic heterocycles. The number of carbonyl (C=O) groups is 1. The Kier molecular flexibility index (Phi) is 5.72. The van der Waals surface area contributed by atoms with Crippen molar-refractivity contribution >= 4 is 32.2 Å². The fourth-order valence-electron chi connectivity index (χ4n) is 2.60. The molecule has 140 valence electrons.